The van der Waals surface area contributed by atoms with E-state index in [1.807, 2.05) is 30.3 Å². The standard InChI is InChI=1S/C31H27FN2O5/c32-21-7-9-23-24(17-21)29(35)27(26-25(31(36)37)18-39-30(23)26)28(34-12-14-38-15-13-34)20-10-11-33-22(16-20)8-6-19-4-2-1-3-5-19/h1-5,7,9-11,16-18,28,35H,6,8,12-15H2,(H,36,37). The van der Waals surface area contributed by atoms with Gasteiger partial charge in [-0.2, -0.15) is 0 Å². The second kappa shape index (κ2) is 10.5. The number of morpholine rings is 1. The summed E-state index contributed by atoms with van der Waals surface area (Å²) in [6, 6.07) is 17.5. The van der Waals surface area contributed by atoms with Gasteiger partial charge >= 0.3 is 5.97 Å². The Labute approximate surface area is 224 Å². The van der Waals surface area contributed by atoms with E-state index in [9.17, 15) is 19.4 Å². The van der Waals surface area contributed by atoms with Gasteiger partial charge in [-0.1, -0.05) is 30.3 Å². The van der Waals surface area contributed by atoms with Crippen molar-refractivity contribution in [3.05, 3.63) is 107 Å². The van der Waals surface area contributed by atoms with Crippen LogP contribution in [0, 0.1) is 5.82 Å². The smallest absolute Gasteiger partial charge is 0.339 e. The van der Waals surface area contributed by atoms with Crippen LogP contribution in [0.4, 0.5) is 4.39 Å². The van der Waals surface area contributed by atoms with E-state index in [0.29, 0.717) is 54.6 Å². The van der Waals surface area contributed by atoms with Gasteiger partial charge in [-0.15, -0.1) is 0 Å². The summed E-state index contributed by atoms with van der Waals surface area (Å²) in [6.07, 6.45) is 4.46. The van der Waals surface area contributed by atoms with Crippen molar-refractivity contribution >= 4 is 27.7 Å². The molecule has 0 radical (unpaired) electrons. The molecule has 6 rings (SSSR count). The lowest BCUT2D eigenvalue weighted by atomic mass is 9.89. The van der Waals surface area contributed by atoms with Crippen LogP contribution < -0.4 is 0 Å². The fraction of sp³-hybridized carbons (Fsp3) is 0.226. The van der Waals surface area contributed by atoms with Crippen molar-refractivity contribution in [1.82, 2.24) is 9.88 Å². The van der Waals surface area contributed by atoms with Crippen molar-refractivity contribution in [3.63, 3.8) is 0 Å². The second-order valence-electron chi connectivity index (χ2n) is 9.73. The molecule has 0 amide bonds. The minimum atomic E-state index is -1.17. The fourth-order valence-corrected chi connectivity index (χ4v) is 5.54. The Morgan fingerprint density at radius 1 is 1.03 bits per heavy atom. The summed E-state index contributed by atoms with van der Waals surface area (Å²) >= 11 is 0. The van der Waals surface area contributed by atoms with E-state index in [-0.39, 0.29) is 16.7 Å². The highest BCUT2D eigenvalue weighted by molar-refractivity contribution is 6.15. The topological polar surface area (TPSA) is 96.0 Å². The second-order valence-corrected chi connectivity index (χ2v) is 9.73. The number of halogens is 1. The summed E-state index contributed by atoms with van der Waals surface area (Å²) in [4.78, 5) is 19.0. The van der Waals surface area contributed by atoms with Crippen LogP contribution in [0.1, 0.15) is 38.8 Å². The highest BCUT2D eigenvalue weighted by atomic mass is 19.1. The number of carbonyl (C=O) groups is 1. The molecule has 1 atom stereocenters. The van der Waals surface area contributed by atoms with E-state index in [1.54, 1.807) is 6.20 Å². The van der Waals surface area contributed by atoms with Gasteiger partial charge in [0.2, 0.25) is 0 Å². The lowest BCUT2D eigenvalue weighted by Crippen LogP contribution is -2.39. The molecule has 0 aliphatic carbocycles. The number of rotatable bonds is 7. The van der Waals surface area contributed by atoms with Crippen molar-refractivity contribution in [1.29, 1.82) is 0 Å². The van der Waals surface area contributed by atoms with Gasteiger partial charge in [0.1, 0.15) is 29.0 Å². The molecule has 3 aromatic carbocycles. The maximum atomic E-state index is 14.4. The first-order chi connectivity index (χ1) is 19.0. The van der Waals surface area contributed by atoms with E-state index in [0.717, 1.165) is 17.7 Å². The lowest BCUT2D eigenvalue weighted by molar-refractivity contribution is 0.0238. The molecule has 1 unspecified atom stereocenters. The van der Waals surface area contributed by atoms with Crippen molar-refractivity contribution in [2.24, 2.45) is 0 Å². The third-order valence-electron chi connectivity index (χ3n) is 7.38. The number of hydrogen-bond donors (Lipinski definition) is 2. The third-order valence-corrected chi connectivity index (χ3v) is 7.38. The highest BCUT2D eigenvalue weighted by Crippen LogP contribution is 2.46. The Kier molecular flexibility index (Phi) is 6.72. The zero-order valence-corrected chi connectivity index (χ0v) is 21.1. The van der Waals surface area contributed by atoms with Crippen molar-refractivity contribution < 1.29 is 28.6 Å². The van der Waals surface area contributed by atoms with Gasteiger partial charge in [0.05, 0.1) is 19.3 Å². The van der Waals surface area contributed by atoms with Gasteiger partial charge in [-0.3, -0.25) is 9.88 Å². The van der Waals surface area contributed by atoms with Crippen LogP contribution in [0.2, 0.25) is 0 Å². The largest absolute Gasteiger partial charge is 0.507 e. The molecule has 0 saturated carbocycles. The van der Waals surface area contributed by atoms with E-state index in [4.69, 9.17) is 9.15 Å². The predicted molar refractivity (Wildman–Crippen MR) is 145 cm³/mol. The molecule has 2 aromatic heterocycles. The number of furan rings is 1. The molecular weight excluding hydrogens is 499 g/mol. The molecular formula is C31H27FN2O5. The zero-order valence-electron chi connectivity index (χ0n) is 21.1. The Hall–Kier alpha value is -4.27. The minimum Gasteiger partial charge on any atom is -0.507 e. The molecule has 0 bridgehead atoms. The van der Waals surface area contributed by atoms with Crippen LogP contribution in [-0.2, 0) is 17.6 Å². The number of aromatic hydroxyl groups is 1. The van der Waals surface area contributed by atoms with Gasteiger partial charge in [-0.25, -0.2) is 9.18 Å². The Bertz CT molecular complexity index is 1660. The van der Waals surface area contributed by atoms with E-state index in [2.05, 4.69) is 22.0 Å². The molecule has 1 fully saturated rings. The van der Waals surface area contributed by atoms with Crippen LogP contribution in [0.15, 0.2) is 77.5 Å². The molecule has 8 heteroatoms. The summed E-state index contributed by atoms with van der Waals surface area (Å²) in [6.45, 7) is 2.11. The maximum absolute atomic E-state index is 14.4. The number of carboxylic acids is 1. The molecule has 5 aromatic rings. The summed E-state index contributed by atoms with van der Waals surface area (Å²) in [5, 5.41) is 22.8. The normalized spacial score (nSPS) is 15.1. The van der Waals surface area contributed by atoms with Gasteiger partial charge in [0.25, 0.3) is 0 Å². The quantitative estimate of drug-likeness (QED) is 0.280. The Morgan fingerprint density at radius 2 is 1.82 bits per heavy atom. The summed E-state index contributed by atoms with van der Waals surface area (Å²) in [5.74, 6) is -1.85. The number of aryl methyl sites for hydroxylation is 2. The average molecular weight is 527 g/mol. The van der Waals surface area contributed by atoms with Crippen molar-refractivity contribution in [3.8, 4) is 5.75 Å². The van der Waals surface area contributed by atoms with E-state index >= 15 is 0 Å². The number of ether oxygens (including phenoxy) is 1. The molecule has 7 nitrogen and oxygen atoms in total. The Balaban J connectivity index is 1.55. The summed E-state index contributed by atoms with van der Waals surface area (Å²) in [5.41, 5.74) is 3.54. The summed E-state index contributed by atoms with van der Waals surface area (Å²) in [7, 11) is 0. The number of phenolic OH excluding ortho intramolecular Hbond substituents is 1. The monoisotopic (exact) mass is 526 g/mol. The van der Waals surface area contributed by atoms with Crippen molar-refractivity contribution in [2.45, 2.75) is 18.9 Å². The molecule has 0 spiro atoms. The first kappa shape index (κ1) is 25.0. The number of hydrogen-bond acceptors (Lipinski definition) is 6. The highest BCUT2D eigenvalue weighted by Gasteiger charge is 2.33. The van der Waals surface area contributed by atoms with Crippen LogP contribution >= 0.6 is 0 Å². The van der Waals surface area contributed by atoms with Crippen LogP contribution in [0.3, 0.4) is 0 Å². The molecule has 2 N–H and O–H groups in total. The van der Waals surface area contributed by atoms with Crippen LogP contribution in [0.25, 0.3) is 21.7 Å². The number of aromatic nitrogens is 1. The fourth-order valence-electron chi connectivity index (χ4n) is 5.54. The van der Waals surface area contributed by atoms with Crippen LogP contribution in [0.5, 0.6) is 5.75 Å². The molecule has 39 heavy (non-hydrogen) atoms. The molecule has 3 heterocycles. The molecule has 1 saturated heterocycles. The number of phenols is 1. The average Bonchev–Trinajstić information content (AvgIpc) is 3.41. The zero-order chi connectivity index (χ0) is 26.9. The number of carboxylic acid groups (broad SMARTS) is 1. The third kappa shape index (κ3) is 4.73. The number of pyridine rings is 1. The number of nitrogens with zero attached hydrogens (tertiary/aromatic N) is 2. The van der Waals surface area contributed by atoms with Gasteiger partial charge in [-0.05, 0) is 54.3 Å². The number of benzene rings is 3. The van der Waals surface area contributed by atoms with Gasteiger partial charge in [0.15, 0.2) is 0 Å². The molecule has 1 aliphatic heterocycles. The predicted octanol–water partition coefficient (Wildman–Crippen LogP) is 5.73. The van der Waals surface area contributed by atoms with Crippen LogP contribution in [-0.4, -0.2) is 52.4 Å². The molecule has 1 aliphatic rings. The SMILES string of the molecule is O=C(O)c1coc2c1c(C(c1ccnc(CCc3ccccc3)c1)N1CCOCC1)c(O)c1cc(F)ccc12. The molecule has 198 valence electrons. The Morgan fingerprint density at radius 3 is 2.59 bits per heavy atom. The van der Waals surface area contributed by atoms with Gasteiger partial charge < -0.3 is 19.4 Å². The number of fused-ring (bicyclic) bond motifs is 3. The van der Waals surface area contributed by atoms with Gasteiger partial charge in [0, 0.05) is 46.7 Å². The van der Waals surface area contributed by atoms with Crippen molar-refractivity contribution in [2.75, 3.05) is 26.3 Å². The number of aromatic carboxylic acids is 1. The van der Waals surface area contributed by atoms with E-state index < -0.39 is 17.8 Å². The summed E-state index contributed by atoms with van der Waals surface area (Å²) < 4.78 is 25.7. The minimum absolute atomic E-state index is 0.0573. The van der Waals surface area contributed by atoms with E-state index in [1.165, 1.54) is 30.0 Å². The maximum Gasteiger partial charge on any atom is 0.339 e. The first-order valence-corrected chi connectivity index (χ1v) is 12.9. The lowest BCUT2D eigenvalue weighted by Gasteiger charge is -2.36. The first-order valence-electron chi connectivity index (χ1n) is 12.9.